The van der Waals surface area contributed by atoms with Gasteiger partial charge in [-0.3, -0.25) is 0 Å². The monoisotopic (exact) mass is 323 g/mol. The van der Waals surface area contributed by atoms with E-state index in [2.05, 4.69) is 15.5 Å². The number of hydrogen-bond acceptors (Lipinski definition) is 5. The second kappa shape index (κ2) is 6.54. The minimum absolute atomic E-state index is 0.0985. The van der Waals surface area contributed by atoms with Crippen molar-refractivity contribution in [1.29, 1.82) is 0 Å². The maximum absolute atomic E-state index is 13.8. The van der Waals surface area contributed by atoms with Gasteiger partial charge >= 0.3 is 0 Å². The number of carbonyl (C=O) groups is 1. The molecule has 2 unspecified atom stereocenters. The van der Waals surface area contributed by atoms with Gasteiger partial charge in [0.2, 0.25) is 0 Å². The number of halogens is 2. The molecule has 0 aliphatic carbocycles. The van der Waals surface area contributed by atoms with Crippen molar-refractivity contribution in [1.82, 2.24) is 15.5 Å². The second-order valence-corrected chi connectivity index (χ2v) is 5.80. The summed E-state index contributed by atoms with van der Waals surface area (Å²) < 4.78 is 18.9. The molecule has 22 heavy (non-hydrogen) atoms. The van der Waals surface area contributed by atoms with Crippen molar-refractivity contribution in [2.45, 2.75) is 25.3 Å². The number of benzene rings is 1. The minimum atomic E-state index is -0.468. The van der Waals surface area contributed by atoms with Crippen LogP contribution in [0, 0.1) is 11.7 Å². The van der Waals surface area contributed by atoms with Gasteiger partial charge in [-0.2, -0.15) is 4.98 Å². The van der Waals surface area contributed by atoms with Gasteiger partial charge < -0.3 is 14.6 Å². The van der Waals surface area contributed by atoms with Gasteiger partial charge in [0.1, 0.15) is 12.1 Å². The fourth-order valence-corrected chi connectivity index (χ4v) is 2.88. The average Bonchev–Trinajstić information content (AvgIpc) is 2.98. The highest BCUT2D eigenvalue weighted by molar-refractivity contribution is 6.30. The predicted octanol–water partition coefficient (Wildman–Crippen LogP) is 2.64. The molecule has 1 aliphatic heterocycles. The lowest BCUT2D eigenvalue weighted by Gasteiger charge is -2.27. The molecule has 116 valence electrons. The van der Waals surface area contributed by atoms with Crippen molar-refractivity contribution in [3.05, 3.63) is 34.9 Å². The molecule has 1 fully saturated rings. The van der Waals surface area contributed by atoms with E-state index in [1.807, 2.05) is 0 Å². The van der Waals surface area contributed by atoms with Crippen LogP contribution in [0.25, 0.3) is 11.5 Å². The highest BCUT2D eigenvalue weighted by Gasteiger charge is 2.26. The highest BCUT2D eigenvalue weighted by atomic mass is 35.5. The molecule has 0 bridgehead atoms. The first-order chi connectivity index (χ1) is 10.7. The Hall–Kier alpha value is -1.79. The number of rotatable bonds is 4. The summed E-state index contributed by atoms with van der Waals surface area (Å²) in [5.41, 5.74) is 0.181. The molecule has 0 radical (unpaired) electrons. The summed E-state index contributed by atoms with van der Waals surface area (Å²) in [5, 5.41) is 7.45. The Bertz CT molecular complexity index is 677. The van der Waals surface area contributed by atoms with E-state index < -0.39 is 5.82 Å². The number of aldehydes is 1. The number of aromatic nitrogens is 2. The fraction of sp³-hybridized carbons (Fsp3) is 0.400. The Morgan fingerprint density at radius 1 is 1.50 bits per heavy atom. The molecule has 1 aromatic heterocycles. The number of nitrogens with one attached hydrogen (secondary N) is 1. The van der Waals surface area contributed by atoms with Crippen molar-refractivity contribution in [2.75, 3.05) is 6.54 Å². The molecule has 0 spiro atoms. The van der Waals surface area contributed by atoms with Crippen LogP contribution in [0.2, 0.25) is 5.02 Å². The summed E-state index contributed by atoms with van der Waals surface area (Å²) in [6, 6.07) is 3.97. The van der Waals surface area contributed by atoms with Gasteiger partial charge in [-0.1, -0.05) is 16.8 Å². The summed E-state index contributed by atoms with van der Waals surface area (Å²) in [4.78, 5) is 15.3. The topological polar surface area (TPSA) is 68.0 Å². The van der Waals surface area contributed by atoms with Gasteiger partial charge in [-0.25, -0.2) is 4.39 Å². The lowest BCUT2D eigenvalue weighted by atomic mass is 9.88. The molecule has 2 aromatic rings. The molecule has 2 atom stereocenters. The molecule has 3 rings (SSSR count). The Kier molecular flexibility index (Phi) is 4.49. The normalized spacial score (nSPS) is 21.7. The third-order valence-corrected chi connectivity index (χ3v) is 4.09. The van der Waals surface area contributed by atoms with Crippen LogP contribution in [0.1, 0.15) is 18.7 Å². The number of piperidine rings is 1. The third kappa shape index (κ3) is 3.18. The Morgan fingerprint density at radius 3 is 3.18 bits per heavy atom. The van der Waals surface area contributed by atoms with Crippen molar-refractivity contribution in [3.63, 3.8) is 0 Å². The first-order valence-electron chi connectivity index (χ1n) is 7.14. The van der Waals surface area contributed by atoms with Crippen LogP contribution in [0.5, 0.6) is 0 Å². The van der Waals surface area contributed by atoms with Crippen LogP contribution in [0.3, 0.4) is 0 Å². The van der Waals surface area contributed by atoms with Gasteiger partial charge in [-0.05, 0) is 43.5 Å². The molecule has 7 heteroatoms. The van der Waals surface area contributed by atoms with Crippen LogP contribution in [0.4, 0.5) is 4.39 Å². The Morgan fingerprint density at radius 2 is 2.36 bits per heavy atom. The quantitative estimate of drug-likeness (QED) is 0.876. The predicted molar refractivity (Wildman–Crippen MR) is 79.0 cm³/mol. The fourth-order valence-electron chi connectivity index (χ4n) is 2.71. The SMILES string of the molecule is O=CC1NCCCC1Cc1noc(-c2cc(Cl)ccc2F)n1. The van der Waals surface area contributed by atoms with Crippen LogP contribution >= 0.6 is 11.6 Å². The molecule has 0 amide bonds. The molecular formula is C15H15ClFN3O2. The van der Waals surface area contributed by atoms with Crippen LogP contribution in [0.15, 0.2) is 22.7 Å². The summed E-state index contributed by atoms with van der Waals surface area (Å²) >= 11 is 5.86. The number of hydrogen-bond donors (Lipinski definition) is 1. The molecule has 1 saturated heterocycles. The van der Waals surface area contributed by atoms with Gasteiger partial charge in [0.05, 0.1) is 11.6 Å². The lowest BCUT2D eigenvalue weighted by Crippen LogP contribution is -2.43. The van der Waals surface area contributed by atoms with E-state index in [1.165, 1.54) is 18.2 Å². The molecular weight excluding hydrogens is 309 g/mol. The van der Waals surface area contributed by atoms with Gasteiger partial charge in [0.15, 0.2) is 5.82 Å². The van der Waals surface area contributed by atoms with E-state index in [1.54, 1.807) is 0 Å². The molecule has 0 saturated carbocycles. The van der Waals surface area contributed by atoms with Crippen LogP contribution in [-0.4, -0.2) is 29.0 Å². The number of carbonyl (C=O) groups excluding carboxylic acids is 1. The summed E-state index contributed by atoms with van der Waals surface area (Å²) in [5.74, 6) is 0.224. The largest absolute Gasteiger partial charge is 0.334 e. The maximum Gasteiger partial charge on any atom is 0.260 e. The van der Waals surface area contributed by atoms with Crippen LogP contribution in [-0.2, 0) is 11.2 Å². The Labute approximate surface area is 131 Å². The van der Waals surface area contributed by atoms with Gasteiger partial charge in [0, 0.05) is 11.4 Å². The van der Waals surface area contributed by atoms with E-state index in [0.717, 1.165) is 25.7 Å². The van der Waals surface area contributed by atoms with E-state index >= 15 is 0 Å². The number of nitrogens with zero attached hydrogens (tertiary/aromatic N) is 2. The summed E-state index contributed by atoms with van der Waals surface area (Å²) in [6.07, 6.45) is 3.36. The van der Waals surface area contributed by atoms with E-state index in [0.29, 0.717) is 17.3 Å². The third-order valence-electron chi connectivity index (χ3n) is 3.86. The van der Waals surface area contributed by atoms with E-state index in [4.69, 9.17) is 16.1 Å². The zero-order chi connectivity index (χ0) is 15.5. The molecule has 1 aromatic carbocycles. The summed E-state index contributed by atoms with van der Waals surface area (Å²) in [7, 11) is 0. The van der Waals surface area contributed by atoms with Crippen molar-refractivity contribution >= 4 is 17.9 Å². The van der Waals surface area contributed by atoms with E-state index in [-0.39, 0.29) is 23.4 Å². The summed E-state index contributed by atoms with van der Waals surface area (Å²) in [6.45, 7) is 0.838. The van der Waals surface area contributed by atoms with Crippen molar-refractivity contribution < 1.29 is 13.7 Å². The van der Waals surface area contributed by atoms with Gasteiger partial charge in [0.25, 0.3) is 5.89 Å². The van der Waals surface area contributed by atoms with Crippen molar-refractivity contribution in [2.24, 2.45) is 5.92 Å². The lowest BCUT2D eigenvalue weighted by molar-refractivity contribution is -0.111. The standard InChI is InChI=1S/C15H15ClFN3O2/c16-10-3-4-12(17)11(7-10)15-19-14(20-22-15)6-9-2-1-5-18-13(9)8-21/h3-4,7-9,13,18H,1-2,5-6H2. The van der Waals surface area contributed by atoms with Crippen molar-refractivity contribution in [3.8, 4) is 11.5 Å². The first-order valence-corrected chi connectivity index (χ1v) is 7.52. The minimum Gasteiger partial charge on any atom is -0.334 e. The van der Waals surface area contributed by atoms with E-state index in [9.17, 15) is 9.18 Å². The first kappa shape index (κ1) is 15.1. The average molecular weight is 324 g/mol. The smallest absolute Gasteiger partial charge is 0.260 e. The molecule has 1 N–H and O–H groups in total. The molecule has 1 aliphatic rings. The maximum atomic E-state index is 13.8. The molecule has 5 nitrogen and oxygen atoms in total. The zero-order valence-corrected chi connectivity index (χ0v) is 12.5. The van der Waals surface area contributed by atoms with Gasteiger partial charge in [-0.15, -0.1) is 0 Å². The zero-order valence-electron chi connectivity index (χ0n) is 11.8. The Balaban J connectivity index is 1.79. The molecule has 2 heterocycles. The highest BCUT2D eigenvalue weighted by Crippen LogP contribution is 2.26. The second-order valence-electron chi connectivity index (χ2n) is 5.36. The van der Waals surface area contributed by atoms with Crippen LogP contribution < -0.4 is 5.32 Å².